The van der Waals surface area contributed by atoms with Gasteiger partial charge in [0.1, 0.15) is 0 Å². The van der Waals surface area contributed by atoms with E-state index in [0.717, 1.165) is 32.5 Å². The number of piperidine rings is 1. The zero-order valence-electron chi connectivity index (χ0n) is 10.9. The predicted octanol–water partition coefficient (Wildman–Crippen LogP) is -0.0809. The molecule has 0 aliphatic carbocycles. The second-order valence-electron chi connectivity index (χ2n) is 5.11. The van der Waals surface area contributed by atoms with Crippen molar-refractivity contribution in [3.63, 3.8) is 0 Å². The summed E-state index contributed by atoms with van der Waals surface area (Å²) in [7, 11) is 0. The number of nitrogens with two attached hydrogens (primary N) is 1. The van der Waals surface area contributed by atoms with Crippen molar-refractivity contribution in [2.45, 2.75) is 25.4 Å². The number of fused-ring (bicyclic) bond motifs is 1. The molecule has 6 nitrogen and oxygen atoms in total. The molecule has 19 heavy (non-hydrogen) atoms. The highest BCUT2D eigenvalue weighted by Crippen LogP contribution is 2.07. The third-order valence-corrected chi connectivity index (χ3v) is 3.75. The second kappa shape index (κ2) is 5.14. The minimum atomic E-state index is -0.0655. The van der Waals surface area contributed by atoms with Gasteiger partial charge in [-0.05, 0) is 38.1 Å². The Morgan fingerprint density at radius 2 is 2.05 bits per heavy atom. The first-order valence-electron chi connectivity index (χ1n) is 6.76. The van der Waals surface area contributed by atoms with Crippen molar-refractivity contribution < 1.29 is 0 Å². The van der Waals surface area contributed by atoms with Crippen LogP contribution in [0.25, 0.3) is 5.65 Å². The maximum Gasteiger partial charge on any atom is 0.350 e. The standard InChI is InChI=1S/C13H19N5O/c14-11-4-7-16(8-5-11)9-10-18-13(19)17-6-2-1-3-12(17)15-18/h1-3,6,11H,4-5,7-10,14H2. The fourth-order valence-electron chi connectivity index (χ4n) is 2.53. The molecule has 1 saturated heterocycles. The van der Waals surface area contributed by atoms with Gasteiger partial charge in [0.05, 0.1) is 6.54 Å². The van der Waals surface area contributed by atoms with E-state index in [0.29, 0.717) is 18.2 Å². The lowest BCUT2D eigenvalue weighted by Crippen LogP contribution is -2.41. The lowest BCUT2D eigenvalue weighted by Gasteiger charge is -2.29. The van der Waals surface area contributed by atoms with E-state index < -0.39 is 0 Å². The molecule has 0 saturated carbocycles. The van der Waals surface area contributed by atoms with Crippen LogP contribution >= 0.6 is 0 Å². The maximum absolute atomic E-state index is 12.1. The average Bonchev–Trinajstić information content (AvgIpc) is 2.76. The van der Waals surface area contributed by atoms with Gasteiger partial charge in [-0.15, -0.1) is 5.10 Å². The van der Waals surface area contributed by atoms with E-state index in [2.05, 4.69) is 10.00 Å². The molecule has 0 bridgehead atoms. The minimum Gasteiger partial charge on any atom is -0.328 e. The first kappa shape index (κ1) is 12.4. The average molecular weight is 261 g/mol. The highest BCUT2D eigenvalue weighted by atomic mass is 16.2. The molecule has 1 aliphatic rings. The van der Waals surface area contributed by atoms with Crippen molar-refractivity contribution in [2.75, 3.05) is 19.6 Å². The lowest BCUT2D eigenvalue weighted by atomic mass is 10.1. The molecule has 0 aromatic carbocycles. The molecule has 6 heteroatoms. The van der Waals surface area contributed by atoms with Gasteiger partial charge in [-0.2, -0.15) is 0 Å². The summed E-state index contributed by atoms with van der Waals surface area (Å²) in [5, 5.41) is 4.33. The third-order valence-electron chi connectivity index (χ3n) is 3.75. The van der Waals surface area contributed by atoms with Gasteiger partial charge < -0.3 is 10.6 Å². The van der Waals surface area contributed by atoms with Crippen LogP contribution in [0.1, 0.15) is 12.8 Å². The normalized spacial score (nSPS) is 18.2. The number of likely N-dealkylation sites (tertiary alicyclic amines) is 1. The third kappa shape index (κ3) is 2.54. The number of nitrogens with zero attached hydrogens (tertiary/aromatic N) is 4. The topological polar surface area (TPSA) is 68.6 Å². The van der Waals surface area contributed by atoms with Crippen molar-refractivity contribution in [1.82, 2.24) is 19.1 Å². The first-order chi connectivity index (χ1) is 9.24. The van der Waals surface area contributed by atoms with Crippen molar-refractivity contribution in [3.05, 3.63) is 34.9 Å². The fraction of sp³-hybridized carbons (Fsp3) is 0.538. The Labute approximate surface area is 111 Å². The van der Waals surface area contributed by atoms with E-state index in [-0.39, 0.29) is 5.69 Å². The van der Waals surface area contributed by atoms with Crippen LogP contribution in [-0.2, 0) is 6.54 Å². The molecule has 0 atom stereocenters. The molecule has 3 rings (SSSR count). The molecule has 2 N–H and O–H groups in total. The molecule has 1 fully saturated rings. The Hall–Kier alpha value is -1.66. The van der Waals surface area contributed by atoms with E-state index in [1.807, 2.05) is 18.2 Å². The molecule has 0 spiro atoms. The molecular formula is C13H19N5O. The van der Waals surface area contributed by atoms with Crippen LogP contribution in [0.5, 0.6) is 0 Å². The van der Waals surface area contributed by atoms with Gasteiger partial charge in [0.2, 0.25) is 0 Å². The minimum absolute atomic E-state index is 0.0655. The van der Waals surface area contributed by atoms with E-state index in [9.17, 15) is 4.79 Å². The van der Waals surface area contributed by atoms with Crippen LogP contribution in [-0.4, -0.2) is 44.8 Å². The van der Waals surface area contributed by atoms with Crippen LogP contribution in [0, 0.1) is 0 Å². The Morgan fingerprint density at radius 1 is 1.26 bits per heavy atom. The fourth-order valence-corrected chi connectivity index (χ4v) is 2.53. The summed E-state index contributed by atoms with van der Waals surface area (Å²) >= 11 is 0. The van der Waals surface area contributed by atoms with Gasteiger partial charge in [-0.3, -0.25) is 4.40 Å². The Balaban J connectivity index is 1.69. The van der Waals surface area contributed by atoms with Gasteiger partial charge >= 0.3 is 5.69 Å². The van der Waals surface area contributed by atoms with Gasteiger partial charge in [0.25, 0.3) is 0 Å². The maximum atomic E-state index is 12.1. The van der Waals surface area contributed by atoms with Crippen LogP contribution < -0.4 is 11.4 Å². The zero-order chi connectivity index (χ0) is 13.2. The summed E-state index contributed by atoms with van der Waals surface area (Å²) < 4.78 is 3.12. The van der Waals surface area contributed by atoms with E-state index in [1.165, 1.54) is 0 Å². The van der Waals surface area contributed by atoms with Crippen molar-refractivity contribution in [1.29, 1.82) is 0 Å². The van der Waals surface area contributed by atoms with Gasteiger partial charge in [-0.25, -0.2) is 9.48 Å². The molecule has 2 aromatic heterocycles. The van der Waals surface area contributed by atoms with Crippen LogP contribution in [0.4, 0.5) is 0 Å². The zero-order valence-corrected chi connectivity index (χ0v) is 10.9. The highest BCUT2D eigenvalue weighted by molar-refractivity contribution is 5.35. The number of hydrogen-bond donors (Lipinski definition) is 1. The predicted molar refractivity (Wildman–Crippen MR) is 73.1 cm³/mol. The summed E-state index contributed by atoms with van der Waals surface area (Å²) in [6.45, 7) is 3.53. The second-order valence-corrected chi connectivity index (χ2v) is 5.11. The SMILES string of the molecule is NC1CCN(CCn2nc3ccccn3c2=O)CC1. The highest BCUT2D eigenvalue weighted by Gasteiger charge is 2.16. The summed E-state index contributed by atoms with van der Waals surface area (Å²) in [4.78, 5) is 14.4. The summed E-state index contributed by atoms with van der Waals surface area (Å²) in [5.41, 5.74) is 6.52. The number of hydrogen-bond acceptors (Lipinski definition) is 4. The van der Waals surface area contributed by atoms with E-state index in [4.69, 9.17) is 5.73 Å². The van der Waals surface area contributed by atoms with E-state index >= 15 is 0 Å². The van der Waals surface area contributed by atoms with Crippen LogP contribution in [0.15, 0.2) is 29.2 Å². The molecule has 102 valence electrons. The number of pyridine rings is 1. The van der Waals surface area contributed by atoms with Gasteiger partial charge in [0, 0.05) is 18.8 Å². The largest absolute Gasteiger partial charge is 0.350 e. The molecular weight excluding hydrogens is 242 g/mol. The van der Waals surface area contributed by atoms with Crippen LogP contribution in [0.3, 0.4) is 0 Å². The molecule has 3 heterocycles. The summed E-state index contributed by atoms with van der Waals surface area (Å²) in [6, 6.07) is 5.91. The van der Waals surface area contributed by atoms with Crippen molar-refractivity contribution in [2.24, 2.45) is 5.73 Å². The Bertz CT molecular complexity index is 609. The Morgan fingerprint density at radius 3 is 2.79 bits per heavy atom. The summed E-state index contributed by atoms with van der Waals surface area (Å²) in [5.74, 6) is 0. The van der Waals surface area contributed by atoms with E-state index in [1.54, 1.807) is 15.3 Å². The van der Waals surface area contributed by atoms with Crippen molar-refractivity contribution in [3.8, 4) is 0 Å². The van der Waals surface area contributed by atoms with Crippen LogP contribution in [0.2, 0.25) is 0 Å². The Kier molecular flexibility index (Phi) is 3.35. The molecule has 0 amide bonds. The number of rotatable bonds is 3. The quantitative estimate of drug-likeness (QED) is 0.839. The molecule has 1 aliphatic heterocycles. The monoisotopic (exact) mass is 261 g/mol. The molecule has 0 radical (unpaired) electrons. The lowest BCUT2D eigenvalue weighted by molar-refractivity contribution is 0.203. The van der Waals surface area contributed by atoms with Gasteiger partial charge in [-0.1, -0.05) is 6.07 Å². The summed E-state index contributed by atoms with van der Waals surface area (Å²) in [6.07, 6.45) is 3.83. The first-order valence-corrected chi connectivity index (χ1v) is 6.76. The van der Waals surface area contributed by atoms with Gasteiger partial charge in [0.15, 0.2) is 5.65 Å². The number of aromatic nitrogens is 3. The molecule has 0 unspecified atom stereocenters. The smallest absolute Gasteiger partial charge is 0.328 e. The van der Waals surface area contributed by atoms with Crippen molar-refractivity contribution >= 4 is 5.65 Å². The molecule has 2 aromatic rings.